The van der Waals surface area contributed by atoms with Gasteiger partial charge in [-0.3, -0.25) is 9.59 Å². The molecule has 7 N–H and O–H groups in total. The number of nitrogens with two attached hydrogens (primary N) is 2. The first-order valence-corrected chi connectivity index (χ1v) is 6.02. The van der Waals surface area contributed by atoms with Gasteiger partial charge in [-0.25, -0.2) is 9.59 Å². The van der Waals surface area contributed by atoms with Gasteiger partial charge in [0.15, 0.2) is 0 Å². The molecule has 0 aromatic carbocycles. The Hall–Kier alpha value is -2.32. The van der Waals surface area contributed by atoms with Crippen LogP contribution in [0.5, 0.6) is 0 Å². The van der Waals surface area contributed by atoms with E-state index in [1.54, 1.807) is 13.8 Å². The van der Waals surface area contributed by atoms with Gasteiger partial charge in [0.25, 0.3) is 0 Å². The predicted octanol–water partition coefficient (Wildman–Crippen LogP) is -1.49. The number of urea groups is 1. The monoisotopic (exact) mass is 288 g/mol. The maximum Gasteiger partial charge on any atom is 0.326 e. The minimum absolute atomic E-state index is 0.127. The Morgan fingerprint density at radius 3 is 2.00 bits per heavy atom. The van der Waals surface area contributed by atoms with E-state index in [1.807, 2.05) is 0 Å². The molecule has 114 valence electrons. The molecule has 0 fully saturated rings. The summed E-state index contributed by atoms with van der Waals surface area (Å²) in [5.41, 5.74) is 9.88. The summed E-state index contributed by atoms with van der Waals surface area (Å²) in [6.07, 6.45) is -0.301. The number of hydrogen-bond acceptors (Lipinski definition) is 4. The zero-order chi connectivity index (χ0) is 15.9. The topological polar surface area (TPSA) is 165 Å². The predicted molar refractivity (Wildman–Crippen MR) is 69.3 cm³/mol. The number of carbonyl (C=O) groups is 4. The average Bonchev–Trinajstić information content (AvgIpc) is 2.29. The summed E-state index contributed by atoms with van der Waals surface area (Å²) in [6.45, 7) is 3.33. The highest BCUT2D eigenvalue weighted by Crippen LogP contribution is 2.04. The fraction of sp³-hybridized carbons (Fsp3) is 0.636. The standard InChI is InChI=1S/C11H20N4O5/c1-5(2)8(15-11(13)20)9(17)14-6(10(18)19)3-4-7(12)16/h5-6,8H,3-4H2,1-2H3,(H2,12,16)(H,14,17)(H,18,19)(H3,13,15,20). The number of primary amides is 2. The first-order valence-electron chi connectivity index (χ1n) is 6.02. The number of carbonyl (C=O) groups excluding carboxylic acids is 3. The molecule has 0 aliphatic carbocycles. The number of hydrogen-bond donors (Lipinski definition) is 5. The van der Waals surface area contributed by atoms with Crippen LogP contribution in [-0.4, -0.2) is 41.0 Å². The third-order valence-corrected chi connectivity index (χ3v) is 2.54. The second-order valence-corrected chi connectivity index (χ2v) is 4.63. The number of nitrogens with one attached hydrogen (secondary N) is 2. The summed E-state index contributed by atoms with van der Waals surface area (Å²) in [6, 6.07) is -3.10. The van der Waals surface area contributed by atoms with Crippen molar-refractivity contribution in [2.75, 3.05) is 0 Å². The molecule has 0 saturated heterocycles. The van der Waals surface area contributed by atoms with E-state index in [9.17, 15) is 19.2 Å². The number of amides is 4. The van der Waals surface area contributed by atoms with Crippen LogP contribution >= 0.6 is 0 Å². The first kappa shape index (κ1) is 17.7. The largest absolute Gasteiger partial charge is 0.480 e. The molecule has 0 saturated carbocycles. The molecular weight excluding hydrogens is 268 g/mol. The van der Waals surface area contributed by atoms with Crippen molar-refractivity contribution in [3.05, 3.63) is 0 Å². The Balaban J connectivity index is 4.74. The summed E-state index contributed by atoms with van der Waals surface area (Å²) in [7, 11) is 0. The van der Waals surface area contributed by atoms with Gasteiger partial charge < -0.3 is 27.2 Å². The van der Waals surface area contributed by atoms with E-state index < -0.39 is 35.9 Å². The molecule has 0 aliphatic rings. The molecular formula is C11H20N4O5. The minimum atomic E-state index is -1.29. The normalized spacial score (nSPS) is 13.3. The van der Waals surface area contributed by atoms with Crippen LogP contribution in [0.25, 0.3) is 0 Å². The van der Waals surface area contributed by atoms with Crippen LogP contribution in [-0.2, 0) is 14.4 Å². The van der Waals surface area contributed by atoms with Gasteiger partial charge in [-0.15, -0.1) is 0 Å². The molecule has 20 heavy (non-hydrogen) atoms. The van der Waals surface area contributed by atoms with E-state index in [-0.39, 0.29) is 18.8 Å². The smallest absolute Gasteiger partial charge is 0.326 e. The van der Waals surface area contributed by atoms with E-state index in [1.165, 1.54) is 0 Å². The van der Waals surface area contributed by atoms with E-state index in [0.29, 0.717) is 0 Å². The highest BCUT2D eigenvalue weighted by Gasteiger charge is 2.28. The molecule has 0 aromatic heterocycles. The fourth-order valence-electron chi connectivity index (χ4n) is 1.49. The highest BCUT2D eigenvalue weighted by molar-refractivity contribution is 5.90. The lowest BCUT2D eigenvalue weighted by Gasteiger charge is -2.23. The van der Waals surface area contributed by atoms with Gasteiger partial charge in [-0.2, -0.15) is 0 Å². The molecule has 0 aromatic rings. The molecule has 0 bridgehead atoms. The quantitative estimate of drug-likeness (QED) is 0.366. The summed E-state index contributed by atoms with van der Waals surface area (Å²) >= 11 is 0. The van der Waals surface area contributed by atoms with Crippen molar-refractivity contribution in [3.63, 3.8) is 0 Å². The minimum Gasteiger partial charge on any atom is -0.480 e. The molecule has 4 amide bonds. The van der Waals surface area contributed by atoms with Crippen molar-refractivity contribution in [2.24, 2.45) is 17.4 Å². The molecule has 2 atom stereocenters. The van der Waals surface area contributed by atoms with Gasteiger partial charge in [0.05, 0.1) is 0 Å². The van der Waals surface area contributed by atoms with Crippen molar-refractivity contribution in [3.8, 4) is 0 Å². The van der Waals surface area contributed by atoms with Crippen LogP contribution in [0.2, 0.25) is 0 Å². The summed E-state index contributed by atoms with van der Waals surface area (Å²) < 4.78 is 0. The van der Waals surface area contributed by atoms with Crippen LogP contribution in [0.15, 0.2) is 0 Å². The lowest BCUT2D eigenvalue weighted by atomic mass is 10.0. The molecule has 0 aliphatic heterocycles. The molecule has 9 heteroatoms. The Morgan fingerprint density at radius 2 is 1.65 bits per heavy atom. The zero-order valence-electron chi connectivity index (χ0n) is 11.4. The van der Waals surface area contributed by atoms with Gasteiger partial charge in [-0.1, -0.05) is 13.8 Å². The van der Waals surface area contributed by atoms with Crippen LogP contribution in [0.3, 0.4) is 0 Å². The van der Waals surface area contributed by atoms with Crippen molar-refractivity contribution >= 4 is 23.8 Å². The van der Waals surface area contributed by atoms with E-state index in [4.69, 9.17) is 16.6 Å². The third kappa shape index (κ3) is 6.57. The van der Waals surface area contributed by atoms with Crippen LogP contribution in [0.1, 0.15) is 26.7 Å². The first-order chi connectivity index (χ1) is 9.15. The number of rotatable bonds is 8. The van der Waals surface area contributed by atoms with E-state index >= 15 is 0 Å². The molecule has 0 radical (unpaired) electrons. The molecule has 0 spiro atoms. The lowest BCUT2D eigenvalue weighted by molar-refractivity contribution is -0.142. The molecule has 2 unspecified atom stereocenters. The molecule has 9 nitrogen and oxygen atoms in total. The maximum absolute atomic E-state index is 11.9. The fourth-order valence-corrected chi connectivity index (χ4v) is 1.49. The molecule has 0 heterocycles. The van der Waals surface area contributed by atoms with Gasteiger partial charge in [0.2, 0.25) is 11.8 Å². The second kappa shape index (κ2) is 7.97. The lowest BCUT2D eigenvalue weighted by Crippen LogP contribution is -2.54. The Morgan fingerprint density at radius 1 is 1.10 bits per heavy atom. The van der Waals surface area contributed by atoms with Crippen LogP contribution in [0.4, 0.5) is 4.79 Å². The van der Waals surface area contributed by atoms with Crippen molar-refractivity contribution < 1.29 is 24.3 Å². The second-order valence-electron chi connectivity index (χ2n) is 4.63. The van der Waals surface area contributed by atoms with Crippen LogP contribution < -0.4 is 22.1 Å². The van der Waals surface area contributed by atoms with Crippen molar-refractivity contribution in [1.29, 1.82) is 0 Å². The van der Waals surface area contributed by atoms with Gasteiger partial charge in [0, 0.05) is 6.42 Å². The summed E-state index contributed by atoms with van der Waals surface area (Å²) in [5.74, 6) is -2.92. The van der Waals surface area contributed by atoms with E-state index in [0.717, 1.165) is 0 Å². The number of carboxylic acid groups (broad SMARTS) is 1. The number of carboxylic acids is 1. The van der Waals surface area contributed by atoms with Crippen molar-refractivity contribution in [2.45, 2.75) is 38.8 Å². The van der Waals surface area contributed by atoms with Crippen LogP contribution in [0, 0.1) is 5.92 Å². The number of aliphatic carboxylic acids is 1. The van der Waals surface area contributed by atoms with Gasteiger partial charge >= 0.3 is 12.0 Å². The Labute approximate surface area is 116 Å². The third-order valence-electron chi connectivity index (χ3n) is 2.54. The Kier molecular flexibility index (Phi) is 7.05. The van der Waals surface area contributed by atoms with Gasteiger partial charge in [-0.05, 0) is 12.3 Å². The SMILES string of the molecule is CC(C)C(NC(N)=O)C(=O)NC(CCC(N)=O)C(=O)O. The Bertz CT molecular complexity index is 396. The average molecular weight is 288 g/mol. The summed E-state index contributed by atoms with van der Waals surface area (Å²) in [5, 5.41) is 13.4. The maximum atomic E-state index is 11.9. The summed E-state index contributed by atoms with van der Waals surface area (Å²) in [4.78, 5) is 44.4. The zero-order valence-corrected chi connectivity index (χ0v) is 11.4. The van der Waals surface area contributed by atoms with Crippen molar-refractivity contribution in [1.82, 2.24) is 10.6 Å². The highest BCUT2D eigenvalue weighted by atomic mass is 16.4. The molecule has 0 rings (SSSR count). The van der Waals surface area contributed by atoms with Gasteiger partial charge in [0.1, 0.15) is 12.1 Å². The van der Waals surface area contributed by atoms with E-state index in [2.05, 4.69) is 10.6 Å².